The van der Waals surface area contributed by atoms with Crippen molar-refractivity contribution >= 4 is 24.0 Å². The van der Waals surface area contributed by atoms with Crippen molar-refractivity contribution in [2.24, 2.45) is 0 Å². The molecule has 1 atom stereocenters. The first-order chi connectivity index (χ1) is 9.72. The van der Waals surface area contributed by atoms with E-state index in [4.69, 9.17) is 11.6 Å². The van der Waals surface area contributed by atoms with Crippen LogP contribution in [-0.2, 0) is 6.42 Å². The van der Waals surface area contributed by atoms with Gasteiger partial charge in [-0.2, -0.15) is 0 Å². The van der Waals surface area contributed by atoms with Gasteiger partial charge in [-0.25, -0.2) is 9.97 Å². The molecule has 2 aromatic rings. The van der Waals surface area contributed by atoms with Crippen LogP contribution in [-0.4, -0.2) is 16.5 Å². The lowest BCUT2D eigenvalue weighted by atomic mass is 10.1. The van der Waals surface area contributed by atoms with Crippen LogP contribution < -0.4 is 5.32 Å². The van der Waals surface area contributed by atoms with Gasteiger partial charge in [0.05, 0.1) is 6.04 Å². The molecule has 0 amide bonds. The van der Waals surface area contributed by atoms with Gasteiger partial charge in [-0.3, -0.25) is 0 Å². The lowest BCUT2D eigenvalue weighted by Crippen LogP contribution is -2.16. The standard InChI is InChI=1S/C16H18ClN3.ClH/c1-11-13(9-12-4-6-14(17)7-5-12)10-19-16(20-11)15-3-2-8-18-15;/h4-7,10,15,18H,2-3,8-9H2,1H3;1H. The average Bonchev–Trinajstić information content (AvgIpc) is 2.97. The second-order valence-electron chi connectivity index (χ2n) is 5.29. The number of benzene rings is 1. The van der Waals surface area contributed by atoms with E-state index in [0.29, 0.717) is 6.04 Å². The third kappa shape index (κ3) is 3.94. The SMILES string of the molecule is Cc1nc(C2CCCN2)ncc1Cc1ccc(Cl)cc1.Cl. The van der Waals surface area contributed by atoms with Crippen molar-refractivity contribution in [1.29, 1.82) is 0 Å². The molecule has 21 heavy (non-hydrogen) atoms. The maximum atomic E-state index is 5.91. The number of aryl methyl sites for hydroxylation is 1. The van der Waals surface area contributed by atoms with E-state index in [-0.39, 0.29) is 12.4 Å². The molecule has 1 saturated heterocycles. The summed E-state index contributed by atoms with van der Waals surface area (Å²) in [6, 6.07) is 8.27. The highest BCUT2D eigenvalue weighted by Gasteiger charge is 2.19. The van der Waals surface area contributed by atoms with Crippen molar-refractivity contribution < 1.29 is 0 Å². The van der Waals surface area contributed by atoms with Crippen LogP contribution >= 0.6 is 24.0 Å². The molecule has 1 aromatic carbocycles. The second kappa shape index (κ2) is 7.21. The Morgan fingerprint density at radius 3 is 2.67 bits per heavy atom. The van der Waals surface area contributed by atoms with Gasteiger partial charge in [0, 0.05) is 23.3 Å². The van der Waals surface area contributed by atoms with Crippen LogP contribution in [0, 0.1) is 6.92 Å². The van der Waals surface area contributed by atoms with Crippen molar-refractivity contribution in [1.82, 2.24) is 15.3 Å². The zero-order valence-electron chi connectivity index (χ0n) is 12.0. The normalized spacial score (nSPS) is 17.5. The maximum absolute atomic E-state index is 5.91. The molecular formula is C16H19Cl2N3. The summed E-state index contributed by atoms with van der Waals surface area (Å²) in [6.45, 7) is 3.13. The molecule has 0 spiro atoms. The first kappa shape index (κ1) is 16.2. The summed E-state index contributed by atoms with van der Waals surface area (Å²) in [5.74, 6) is 0.930. The molecule has 2 heterocycles. The number of hydrogen-bond donors (Lipinski definition) is 1. The zero-order chi connectivity index (χ0) is 13.9. The minimum Gasteiger partial charge on any atom is -0.307 e. The van der Waals surface area contributed by atoms with Gasteiger partial charge in [0.1, 0.15) is 5.82 Å². The zero-order valence-corrected chi connectivity index (χ0v) is 13.5. The van der Waals surface area contributed by atoms with Crippen molar-refractivity contribution in [3.63, 3.8) is 0 Å². The smallest absolute Gasteiger partial charge is 0.145 e. The highest BCUT2D eigenvalue weighted by molar-refractivity contribution is 6.30. The van der Waals surface area contributed by atoms with E-state index in [0.717, 1.165) is 35.9 Å². The van der Waals surface area contributed by atoms with Crippen molar-refractivity contribution in [3.8, 4) is 0 Å². The van der Waals surface area contributed by atoms with E-state index in [1.807, 2.05) is 30.5 Å². The number of nitrogens with zero attached hydrogens (tertiary/aromatic N) is 2. The summed E-state index contributed by atoms with van der Waals surface area (Å²) in [7, 11) is 0. The van der Waals surface area contributed by atoms with E-state index in [9.17, 15) is 0 Å². The van der Waals surface area contributed by atoms with Gasteiger partial charge in [0.25, 0.3) is 0 Å². The summed E-state index contributed by atoms with van der Waals surface area (Å²) >= 11 is 5.91. The summed E-state index contributed by atoms with van der Waals surface area (Å²) in [6.07, 6.45) is 5.16. The average molecular weight is 324 g/mol. The molecule has 1 aromatic heterocycles. The van der Waals surface area contributed by atoms with Gasteiger partial charge in [-0.1, -0.05) is 23.7 Å². The van der Waals surface area contributed by atoms with Gasteiger partial charge in [0.2, 0.25) is 0 Å². The fourth-order valence-electron chi connectivity index (χ4n) is 2.58. The highest BCUT2D eigenvalue weighted by atomic mass is 35.5. The molecule has 1 N–H and O–H groups in total. The van der Waals surface area contributed by atoms with Crippen LogP contribution in [0.15, 0.2) is 30.5 Å². The quantitative estimate of drug-likeness (QED) is 0.931. The monoisotopic (exact) mass is 323 g/mol. The lowest BCUT2D eigenvalue weighted by Gasteiger charge is -2.11. The molecule has 112 valence electrons. The Hall–Kier alpha value is -1.16. The highest BCUT2D eigenvalue weighted by Crippen LogP contribution is 2.21. The van der Waals surface area contributed by atoms with E-state index in [2.05, 4.69) is 22.2 Å². The number of hydrogen-bond acceptors (Lipinski definition) is 3. The van der Waals surface area contributed by atoms with Gasteiger partial charge < -0.3 is 5.32 Å². The molecule has 5 heteroatoms. The van der Waals surface area contributed by atoms with E-state index in [1.54, 1.807) is 0 Å². The summed E-state index contributed by atoms with van der Waals surface area (Å²) in [5, 5.41) is 4.20. The van der Waals surface area contributed by atoms with Crippen molar-refractivity contribution in [2.45, 2.75) is 32.2 Å². The number of rotatable bonds is 3. The molecule has 1 fully saturated rings. The molecule has 0 bridgehead atoms. The Balaban J connectivity index is 0.00000161. The fraction of sp³-hybridized carbons (Fsp3) is 0.375. The number of halogens is 2. The lowest BCUT2D eigenvalue weighted by molar-refractivity contribution is 0.600. The van der Waals surface area contributed by atoms with Crippen LogP contribution in [0.4, 0.5) is 0 Å². The van der Waals surface area contributed by atoms with Gasteiger partial charge in [-0.15, -0.1) is 12.4 Å². The first-order valence-electron chi connectivity index (χ1n) is 7.02. The van der Waals surface area contributed by atoms with Crippen LogP contribution in [0.25, 0.3) is 0 Å². The Morgan fingerprint density at radius 2 is 2.05 bits per heavy atom. The molecule has 3 nitrogen and oxygen atoms in total. The maximum Gasteiger partial charge on any atom is 0.145 e. The topological polar surface area (TPSA) is 37.8 Å². The largest absolute Gasteiger partial charge is 0.307 e. The van der Waals surface area contributed by atoms with Crippen LogP contribution in [0.3, 0.4) is 0 Å². The Kier molecular flexibility index (Phi) is 5.57. The molecule has 1 aliphatic heterocycles. The molecule has 1 aliphatic rings. The Morgan fingerprint density at radius 1 is 1.29 bits per heavy atom. The van der Waals surface area contributed by atoms with E-state index in [1.165, 1.54) is 17.5 Å². The Bertz CT molecular complexity index is 593. The molecule has 3 rings (SSSR count). The molecule has 0 radical (unpaired) electrons. The third-order valence-electron chi connectivity index (χ3n) is 3.78. The van der Waals surface area contributed by atoms with Crippen LogP contribution in [0.1, 0.15) is 41.5 Å². The molecule has 1 unspecified atom stereocenters. The number of nitrogens with one attached hydrogen (secondary N) is 1. The number of aromatic nitrogens is 2. The van der Waals surface area contributed by atoms with Crippen molar-refractivity contribution in [3.05, 3.63) is 58.1 Å². The fourth-order valence-corrected chi connectivity index (χ4v) is 2.70. The van der Waals surface area contributed by atoms with Crippen LogP contribution in [0.5, 0.6) is 0 Å². The summed E-state index contributed by atoms with van der Waals surface area (Å²) < 4.78 is 0. The first-order valence-corrected chi connectivity index (χ1v) is 7.40. The molecule has 0 saturated carbocycles. The van der Waals surface area contributed by atoms with Gasteiger partial charge >= 0.3 is 0 Å². The predicted molar refractivity (Wildman–Crippen MR) is 88.3 cm³/mol. The summed E-state index contributed by atoms with van der Waals surface area (Å²) in [4.78, 5) is 9.20. The van der Waals surface area contributed by atoms with Crippen LogP contribution in [0.2, 0.25) is 5.02 Å². The predicted octanol–water partition coefficient (Wildman–Crippen LogP) is 3.88. The third-order valence-corrected chi connectivity index (χ3v) is 4.03. The molecular weight excluding hydrogens is 305 g/mol. The van der Waals surface area contributed by atoms with Gasteiger partial charge in [0.15, 0.2) is 0 Å². The van der Waals surface area contributed by atoms with E-state index >= 15 is 0 Å². The second-order valence-corrected chi connectivity index (χ2v) is 5.73. The minimum atomic E-state index is 0. The van der Waals surface area contributed by atoms with Crippen molar-refractivity contribution in [2.75, 3.05) is 6.54 Å². The molecule has 0 aliphatic carbocycles. The summed E-state index contributed by atoms with van der Waals surface area (Å²) in [5.41, 5.74) is 3.47. The van der Waals surface area contributed by atoms with Gasteiger partial charge in [-0.05, 0) is 49.6 Å². The van der Waals surface area contributed by atoms with E-state index < -0.39 is 0 Å². The Labute approximate surface area is 136 Å². The minimum absolute atomic E-state index is 0.